The molecule has 0 radical (unpaired) electrons. The molecule has 0 unspecified atom stereocenters. The molecule has 5 aromatic rings. The van der Waals surface area contributed by atoms with Gasteiger partial charge in [0.05, 0.1) is 16.4 Å². The third-order valence-corrected chi connectivity index (χ3v) is 6.87. The number of fused-ring (bicyclic) bond motifs is 1. The fourth-order valence-electron chi connectivity index (χ4n) is 3.82. The van der Waals surface area contributed by atoms with E-state index in [0.717, 1.165) is 27.9 Å². The van der Waals surface area contributed by atoms with Gasteiger partial charge in [0.2, 0.25) is 0 Å². The van der Waals surface area contributed by atoms with Gasteiger partial charge in [-0.3, -0.25) is 13.8 Å². The van der Waals surface area contributed by atoms with Crippen molar-refractivity contribution in [2.75, 3.05) is 0 Å². The topological polar surface area (TPSA) is 65.1 Å². The molecule has 0 amide bonds. The summed E-state index contributed by atoms with van der Waals surface area (Å²) < 4.78 is 3.58. The molecule has 0 spiro atoms. The lowest BCUT2D eigenvalue weighted by atomic mass is 10.1. The first-order valence-corrected chi connectivity index (χ1v) is 12.2. The molecule has 2 aromatic carbocycles. The number of hydrogen-bond donors (Lipinski definition) is 0. The molecule has 0 fully saturated rings. The monoisotopic (exact) mass is 487 g/mol. The SMILES string of the molecule is Cc1ccc(C)c(-n2c(SCc3cc(=O)n4ccc(C)cc4n3)nnc2-c2ccccc2Cl)c1. The molecular formula is C26H22ClN5OS. The van der Waals surface area contributed by atoms with Gasteiger partial charge >= 0.3 is 0 Å². The Hall–Kier alpha value is -3.42. The molecule has 8 heteroatoms. The number of thioether (sulfide) groups is 1. The molecule has 0 N–H and O–H groups in total. The van der Waals surface area contributed by atoms with Crippen molar-refractivity contribution < 1.29 is 0 Å². The average Bonchev–Trinajstić information content (AvgIpc) is 3.22. The van der Waals surface area contributed by atoms with Crippen LogP contribution in [0.2, 0.25) is 5.02 Å². The summed E-state index contributed by atoms with van der Waals surface area (Å²) in [5, 5.41) is 10.3. The van der Waals surface area contributed by atoms with Crippen LogP contribution in [0.5, 0.6) is 0 Å². The zero-order valence-electron chi connectivity index (χ0n) is 19.0. The van der Waals surface area contributed by atoms with Crippen LogP contribution in [0.3, 0.4) is 0 Å². The van der Waals surface area contributed by atoms with Crippen LogP contribution in [0.25, 0.3) is 22.7 Å². The van der Waals surface area contributed by atoms with Crippen molar-refractivity contribution in [2.24, 2.45) is 0 Å². The Morgan fingerprint density at radius 2 is 1.74 bits per heavy atom. The lowest BCUT2D eigenvalue weighted by Gasteiger charge is -2.14. The third-order valence-electron chi connectivity index (χ3n) is 5.58. The van der Waals surface area contributed by atoms with Crippen molar-refractivity contribution in [3.05, 3.63) is 105 Å². The van der Waals surface area contributed by atoms with E-state index in [2.05, 4.69) is 47.2 Å². The largest absolute Gasteiger partial charge is 0.270 e. The highest BCUT2D eigenvalue weighted by Gasteiger charge is 2.20. The van der Waals surface area contributed by atoms with E-state index in [-0.39, 0.29) is 5.56 Å². The Kier molecular flexibility index (Phi) is 5.98. The minimum atomic E-state index is -0.103. The van der Waals surface area contributed by atoms with Gasteiger partial charge in [0.1, 0.15) is 5.65 Å². The molecule has 0 aliphatic heterocycles. The molecule has 0 saturated carbocycles. The van der Waals surface area contributed by atoms with E-state index in [4.69, 9.17) is 11.6 Å². The van der Waals surface area contributed by atoms with Crippen molar-refractivity contribution in [1.29, 1.82) is 0 Å². The van der Waals surface area contributed by atoms with Gasteiger partial charge in [-0.2, -0.15) is 0 Å². The fourth-order valence-corrected chi connectivity index (χ4v) is 4.88. The summed E-state index contributed by atoms with van der Waals surface area (Å²) in [6.07, 6.45) is 1.75. The zero-order chi connectivity index (χ0) is 23.8. The first-order chi connectivity index (χ1) is 16.4. The van der Waals surface area contributed by atoms with Crippen molar-refractivity contribution in [3.8, 4) is 17.1 Å². The second-order valence-electron chi connectivity index (χ2n) is 8.22. The standard InChI is InChI=1S/C26H22ClN5OS/c1-16-8-9-18(3)22(12-16)32-25(20-6-4-5-7-21(20)27)29-30-26(32)34-15-19-14-24(33)31-11-10-17(2)13-23(31)28-19/h4-14H,15H2,1-3H3. The molecular weight excluding hydrogens is 466 g/mol. The first kappa shape index (κ1) is 22.4. The summed E-state index contributed by atoms with van der Waals surface area (Å²) in [7, 11) is 0. The quantitative estimate of drug-likeness (QED) is 0.292. The average molecular weight is 488 g/mol. The minimum Gasteiger partial charge on any atom is -0.270 e. The minimum absolute atomic E-state index is 0.103. The van der Waals surface area contributed by atoms with Crippen molar-refractivity contribution >= 4 is 29.0 Å². The number of aryl methyl sites for hydroxylation is 3. The molecule has 0 bridgehead atoms. The van der Waals surface area contributed by atoms with E-state index in [9.17, 15) is 4.79 Å². The van der Waals surface area contributed by atoms with Crippen LogP contribution in [-0.2, 0) is 5.75 Å². The molecule has 0 aliphatic rings. The smallest absolute Gasteiger partial charge is 0.258 e. The summed E-state index contributed by atoms with van der Waals surface area (Å²) in [6.45, 7) is 6.11. The highest BCUT2D eigenvalue weighted by Crippen LogP contribution is 2.34. The van der Waals surface area contributed by atoms with E-state index in [1.165, 1.54) is 11.8 Å². The molecule has 5 rings (SSSR count). The predicted octanol–water partition coefficient (Wildman–Crippen LogP) is 5.81. The number of benzene rings is 2. The zero-order valence-corrected chi connectivity index (χ0v) is 20.6. The van der Waals surface area contributed by atoms with E-state index in [1.54, 1.807) is 16.7 Å². The lowest BCUT2D eigenvalue weighted by molar-refractivity contribution is 0.878. The van der Waals surface area contributed by atoms with Crippen LogP contribution >= 0.6 is 23.4 Å². The van der Waals surface area contributed by atoms with Gasteiger partial charge in [-0.1, -0.05) is 47.6 Å². The summed E-state index contributed by atoms with van der Waals surface area (Å²) in [5.41, 5.74) is 6.30. The highest BCUT2D eigenvalue weighted by atomic mass is 35.5. The second kappa shape index (κ2) is 9.08. The maximum Gasteiger partial charge on any atom is 0.258 e. The van der Waals surface area contributed by atoms with Gasteiger partial charge < -0.3 is 0 Å². The van der Waals surface area contributed by atoms with Crippen LogP contribution in [0.1, 0.15) is 22.4 Å². The summed E-state index contributed by atoms with van der Waals surface area (Å²) >= 11 is 8.01. The Bertz CT molecular complexity index is 1590. The summed E-state index contributed by atoms with van der Waals surface area (Å²) in [4.78, 5) is 17.3. The molecule has 170 valence electrons. The molecule has 0 saturated heterocycles. The van der Waals surface area contributed by atoms with Gasteiger partial charge in [0.15, 0.2) is 11.0 Å². The van der Waals surface area contributed by atoms with Gasteiger partial charge in [-0.15, -0.1) is 10.2 Å². The number of rotatable bonds is 5. The van der Waals surface area contributed by atoms with E-state index in [0.29, 0.717) is 33.1 Å². The Morgan fingerprint density at radius 1 is 0.941 bits per heavy atom. The van der Waals surface area contributed by atoms with Gasteiger partial charge in [-0.05, 0) is 67.8 Å². The molecule has 0 aliphatic carbocycles. The highest BCUT2D eigenvalue weighted by molar-refractivity contribution is 7.98. The third kappa shape index (κ3) is 4.24. The normalized spacial score (nSPS) is 11.3. The van der Waals surface area contributed by atoms with Crippen molar-refractivity contribution in [1.82, 2.24) is 24.1 Å². The van der Waals surface area contributed by atoms with Crippen LogP contribution in [-0.4, -0.2) is 24.1 Å². The summed E-state index contributed by atoms with van der Waals surface area (Å²) in [6, 6.07) is 19.3. The lowest BCUT2D eigenvalue weighted by Crippen LogP contribution is -2.15. The van der Waals surface area contributed by atoms with E-state index in [1.807, 2.05) is 47.9 Å². The molecule has 3 aromatic heterocycles. The van der Waals surface area contributed by atoms with Gasteiger partial charge in [0, 0.05) is 23.6 Å². The van der Waals surface area contributed by atoms with Crippen LogP contribution in [0.15, 0.2) is 76.8 Å². The first-order valence-electron chi connectivity index (χ1n) is 10.8. The van der Waals surface area contributed by atoms with Crippen LogP contribution < -0.4 is 5.56 Å². The maximum atomic E-state index is 12.6. The van der Waals surface area contributed by atoms with Crippen molar-refractivity contribution in [3.63, 3.8) is 0 Å². The van der Waals surface area contributed by atoms with E-state index < -0.39 is 0 Å². The molecule has 6 nitrogen and oxygen atoms in total. The number of aromatic nitrogens is 5. The molecule has 34 heavy (non-hydrogen) atoms. The summed E-state index contributed by atoms with van der Waals surface area (Å²) in [5.74, 6) is 1.15. The van der Waals surface area contributed by atoms with Gasteiger partial charge in [0.25, 0.3) is 5.56 Å². The van der Waals surface area contributed by atoms with Gasteiger partial charge in [-0.25, -0.2) is 4.98 Å². The number of nitrogens with zero attached hydrogens (tertiary/aromatic N) is 5. The van der Waals surface area contributed by atoms with Crippen molar-refractivity contribution in [2.45, 2.75) is 31.7 Å². The number of hydrogen-bond acceptors (Lipinski definition) is 5. The van der Waals surface area contributed by atoms with Crippen LogP contribution in [0, 0.1) is 20.8 Å². The molecule has 0 atom stereocenters. The van der Waals surface area contributed by atoms with E-state index >= 15 is 0 Å². The van der Waals surface area contributed by atoms with Crippen LogP contribution in [0.4, 0.5) is 0 Å². The second-order valence-corrected chi connectivity index (χ2v) is 9.57. The number of pyridine rings is 1. The Morgan fingerprint density at radius 3 is 2.56 bits per heavy atom. The maximum absolute atomic E-state index is 12.6. The number of halogens is 1. The fraction of sp³-hybridized carbons (Fsp3) is 0.154. The predicted molar refractivity (Wildman–Crippen MR) is 137 cm³/mol. The molecule has 3 heterocycles. The Balaban J connectivity index is 1.59. The Labute approximate surface area is 206 Å².